The van der Waals surface area contributed by atoms with E-state index in [0.717, 1.165) is 82.9 Å². The fourth-order valence-corrected chi connectivity index (χ4v) is 14.5. The van der Waals surface area contributed by atoms with Gasteiger partial charge in [0.1, 0.15) is 28.5 Å². The molecule has 7 N–H and O–H groups in total. The third-order valence-corrected chi connectivity index (χ3v) is 20.4. The maximum Gasteiger partial charge on any atom is 0.354 e. The molecular weight excluding hydrogens is 1270 g/mol. The maximum atomic E-state index is 13.0. The predicted octanol–water partition coefficient (Wildman–Crippen LogP) is 14.4. The number of aromatic carboxylic acids is 1. The molecule has 3 saturated heterocycles. The topological polar surface area (TPSA) is 302 Å². The molecule has 3 atom stereocenters. The van der Waals surface area contributed by atoms with Gasteiger partial charge in [-0.3, -0.25) is 29.8 Å². The van der Waals surface area contributed by atoms with Gasteiger partial charge in [0.2, 0.25) is 0 Å². The lowest BCUT2D eigenvalue weighted by molar-refractivity contribution is -0.385. The summed E-state index contributed by atoms with van der Waals surface area (Å²) in [6.07, 6.45) is 10.5. The first-order valence-corrected chi connectivity index (χ1v) is 34.9. The molecule has 3 aliphatic carbocycles. The molecule has 6 fully saturated rings. The van der Waals surface area contributed by atoms with E-state index in [-0.39, 0.29) is 77.6 Å². The number of aromatic nitrogens is 3. The third kappa shape index (κ3) is 16.4. The van der Waals surface area contributed by atoms with Gasteiger partial charge in [-0.25, -0.2) is 19.7 Å². The number of rotatable bonds is 17. The summed E-state index contributed by atoms with van der Waals surface area (Å²) in [6.45, 7) is 9.37. The van der Waals surface area contributed by atoms with Crippen molar-refractivity contribution < 1.29 is 44.7 Å². The van der Waals surface area contributed by atoms with E-state index >= 15 is 0 Å². The van der Waals surface area contributed by atoms with Crippen LogP contribution in [0.5, 0.6) is 0 Å². The number of benzene rings is 6. The van der Waals surface area contributed by atoms with Crippen LogP contribution in [0.2, 0.25) is 0 Å². The number of hydrogen-bond donors (Lipinski definition) is 6. The highest BCUT2D eigenvalue weighted by molar-refractivity contribution is 5.93. The van der Waals surface area contributed by atoms with Crippen molar-refractivity contribution in [1.29, 1.82) is 0 Å². The molecule has 3 aliphatic heterocycles. The molecule has 20 nitrogen and oxygen atoms in total. The quantitative estimate of drug-likeness (QED) is 0.0365. The highest BCUT2D eigenvalue weighted by atomic mass is 16.6. The summed E-state index contributed by atoms with van der Waals surface area (Å²) in [6, 6.07) is 53.7. The van der Waals surface area contributed by atoms with E-state index in [2.05, 4.69) is 148 Å². The van der Waals surface area contributed by atoms with Crippen molar-refractivity contribution in [3.05, 3.63) is 268 Å². The molecule has 0 spiro atoms. The number of nitrogen functional groups attached to an aromatic ring is 1. The summed E-state index contributed by atoms with van der Waals surface area (Å²) in [4.78, 5) is 72.3. The van der Waals surface area contributed by atoms with Crippen molar-refractivity contribution >= 4 is 34.8 Å². The SMILES string of the molecule is Cc1nc(C(=O)N2CCC(c3ccc(-c4ccccc4C4CC4)cc3CO)C2)ccc1N.Cc1nc(C(=O)N2CCC(c3ccc(-c4ccccc4C4CC4)cc3CO)C2)ccc1[N+](=O)[O-].Cc1nc(C(=O)O)ccc1[N+](=O)[O-].OCc1cc(-c2ccccc2C2CC2)ccc1C1CCNC1. The minimum atomic E-state index is -1.20. The predicted molar refractivity (Wildman–Crippen MR) is 388 cm³/mol. The van der Waals surface area contributed by atoms with Crippen LogP contribution in [-0.2, 0) is 19.8 Å². The highest BCUT2D eigenvalue weighted by Crippen LogP contribution is 2.48. The number of pyridine rings is 3. The van der Waals surface area contributed by atoms with E-state index in [1.807, 2.05) is 11.8 Å². The Balaban J connectivity index is 0.000000134. The fourth-order valence-electron chi connectivity index (χ4n) is 14.5. The molecule has 6 aliphatic rings. The summed E-state index contributed by atoms with van der Waals surface area (Å²) in [7, 11) is 0. The zero-order valence-corrected chi connectivity index (χ0v) is 57.1. The molecule has 101 heavy (non-hydrogen) atoms. The Kier molecular flexibility index (Phi) is 21.9. The lowest BCUT2D eigenvalue weighted by Gasteiger charge is -2.19. The number of amides is 2. The van der Waals surface area contributed by atoms with Crippen molar-refractivity contribution in [2.75, 3.05) is 45.0 Å². The third-order valence-electron chi connectivity index (χ3n) is 20.4. The Morgan fingerprint density at radius 2 is 0.822 bits per heavy atom. The first kappa shape index (κ1) is 70.5. The van der Waals surface area contributed by atoms with Gasteiger partial charge in [-0.05, 0) is 235 Å². The van der Waals surface area contributed by atoms with E-state index in [1.165, 1.54) is 115 Å². The van der Waals surface area contributed by atoms with E-state index < -0.39 is 15.8 Å². The van der Waals surface area contributed by atoms with Crippen molar-refractivity contribution in [3.8, 4) is 33.4 Å². The lowest BCUT2D eigenvalue weighted by atomic mass is 9.89. The zero-order valence-electron chi connectivity index (χ0n) is 57.1. The summed E-state index contributed by atoms with van der Waals surface area (Å²) >= 11 is 0. The number of aliphatic hydroxyl groups excluding tert-OH is 3. The fraction of sp³-hybridized carbons (Fsp3) is 0.333. The van der Waals surface area contributed by atoms with Gasteiger partial charge < -0.3 is 41.3 Å². The number of nitro groups is 2. The summed E-state index contributed by atoms with van der Waals surface area (Å²) in [5.41, 5.74) is 25.7. The van der Waals surface area contributed by atoms with E-state index in [9.17, 15) is 49.9 Å². The van der Waals surface area contributed by atoms with Crippen LogP contribution in [0.15, 0.2) is 164 Å². The average Bonchev–Trinajstić information content (AvgIpc) is 1.35. The molecule has 15 rings (SSSR count). The van der Waals surface area contributed by atoms with Gasteiger partial charge >= 0.3 is 5.97 Å². The van der Waals surface area contributed by atoms with E-state index in [0.29, 0.717) is 61.0 Å². The minimum absolute atomic E-state index is 0.00206. The number of carbonyl (C=O) groups is 3. The normalized spacial score (nSPS) is 17.6. The van der Waals surface area contributed by atoms with Crippen LogP contribution in [0.25, 0.3) is 33.4 Å². The van der Waals surface area contributed by atoms with Crippen LogP contribution >= 0.6 is 0 Å². The van der Waals surface area contributed by atoms with Gasteiger partial charge in [0, 0.05) is 56.7 Å². The first-order chi connectivity index (χ1) is 48.9. The van der Waals surface area contributed by atoms with Crippen molar-refractivity contribution in [3.63, 3.8) is 0 Å². The number of nitrogens with two attached hydrogens (primary N) is 1. The second-order valence-corrected chi connectivity index (χ2v) is 27.3. The zero-order chi connectivity index (χ0) is 71.0. The minimum Gasteiger partial charge on any atom is -0.477 e. The molecule has 3 unspecified atom stereocenters. The second kappa shape index (κ2) is 31.4. The number of carboxylic acid groups (broad SMARTS) is 1. The number of aliphatic hydroxyl groups is 3. The van der Waals surface area contributed by atoms with Crippen LogP contribution in [0.1, 0.15) is 192 Å². The Morgan fingerprint density at radius 3 is 1.17 bits per heavy atom. The van der Waals surface area contributed by atoms with Gasteiger partial charge in [0.05, 0.1) is 41.0 Å². The highest BCUT2D eigenvalue weighted by Gasteiger charge is 2.34. The molecule has 3 saturated carbocycles. The summed E-state index contributed by atoms with van der Waals surface area (Å²) in [5.74, 6) is 1.46. The van der Waals surface area contributed by atoms with Crippen LogP contribution in [0.4, 0.5) is 17.1 Å². The average molecular weight is 1360 g/mol. The monoisotopic (exact) mass is 1360 g/mol. The number of anilines is 1. The summed E-state index contributed by atoms with van der Waals surface area (Å²) in [5, 5.41) is 63.4. The van der Waals surface area contributed by atoms with E-state index in [4.69, 9.17) is 10.8 Å². The lowest BCUT2D eigenvalue weighted by Crippen LogP contribution is -2.29. The molecule has 520 valence electrons. The molecule has 6 aromatic carbocycles. The molecule has 6 heterocycles. The molecule has 0 bridgehead atoms. The maximum absolute atomic E-state index is 13.0. The van der Waals surface area contributed by atoms with Crippen LogP contribution in [0, 0.1) is 41.0 Å². The van der Waals surface area contributed by atoms with Crippen molar-refractivity contribution in [2.45, 2.75) is 134 Å². The smallest absolute Gasteiger partial charge is 0.354 e. The van der Waals surface area contributed by atoms with Crippen LogP contribution < -0.4 is 11.1 Å². The first-order valence-electron chi connectivity index (χ1n) is 34.9. The van der Waals surface area contributed by atoms with Crippen molar-refractivity contribution in [1.82, 2.24) is 30.1 Å². The van der Waals surface area contributed by atoms with Gasteiger partial charge in [-0.2, -0.15) is 0 Å². The van der Waals surface area contributed by atoms with Gasteiger partial charge in [-0.1, -0.05) is 109 Å². The van der Waals surface area contributed by atoms with Crippen molar-refractivity contribution in [2.24, 2.45) is 0 Å². The number of aryl methyl sites for hydroxylation is 3. The molecule has 9 aromatic rings. The molecule has 20 heteroatoms. The second-order valence-electron chi connectivity index (χ2n) is 27.3. The van der Waals surface area contributed by atoms with E-state index in [1.54, 1.807) is 17.0 Å². The van der Waals surface area contributed by atoms with Gasteiger partial charge in [0.15, 0.2) is 0 Å². The number of nitrogens with one attached hydrogen (secondary N) is 1. The number of carbonyl (C=O) groups excluding carboxylic acids is 2. The number of hydrogen-bond acceptors (Lipinski definition) is 15. The van der Waals surface area contributed by atoms with Crippen LogP contribution in [0.3, 0.4) is 0 Å². The Morgan fingerprint density at radius 1 is 0.455 bits per heavy atom. The molecule has 3 aromatic heterocycles. The standard InChI is InChI=1S/C27H27N3O4.C27H29N3O2.C20H23NO.C7H6N2O4/c1-17-26(30(33)34)11-10-25(28-17)27(32)29-13-12-20(15-29)22-9-8-19(14-21(22)16-31)24-5-3-2-4-23(24)18-6-7-18;1-17-25(28)10-11-26(29-17)27(32)30-13-12-20(15-30)22-9-8-19(14-21(22)16-31)24-5-3-2-4-23(24)18-6-7-18;22-13-17-11-15(7-8-18(17)16-9-10-21-12-16)20-4-2-1-3-19(20)14-5-6-14;1-4-6(9(12)13)3-2-5(8-4)7(10)11/h2-5,8-11,14,18,20,31H,6-7,12-13,15-16H2,1H3;2-5,8-11,14,18,20,31H,6-7,12-13,15-16,28H2,1H3;1-4,7-8,11,14,16,21-22H,5-6,9-10,12-13H2;2-3H,1H3,(H,10,11). The number of likely N-dealkylation sites (tertiary alicyclic amines) is 2. The Bertz CT molecular complexity index is 4580. The number of carboxylic acids is 1. The Labute approximate surface area is 587 Å². The molecule has 0 radical (unpaired) electrons. The van der Waals surface area contributed by atoms with Gasteiger partial charge in [0.25, 0.3) is 23.2 Å². The largest absolute Gasteiger partial charge is 0.477 e. The Hall–Kier alpha value is -10.4. The number of nitrogens with zero attached hydrogens (tertiary/aromatic N) is 7. The van der Waals surface area contributed by atoms with Gasteiger partial charge in [-0.15, -0.1) is 0 Å². The summed E-state index contributed by atoms with van der Waals surface area (Å²) < 4.78 is 0. The molecule has 2 amide bonds. The van der Waals surface area contributed by atoms with Crippen LogP contribution in [-0.4, -0.2) is 112 Å². The molecular formula is C81H85N9O11.